The molecule has 1 fully saturated rings. The van der Waals surface area contributed by atoms with E-state index in [0.717, 1.165) is 99.2 Å². The highest BCUT2D eigenvalue weighted by Gasteiger charge is 2.31. The van der Waals surface area contributed by atoms with Gasteiger partial charge in [-0.2, -0.15) is 0 Å². The van der Waals surface area contributed by atoms with Crippen LogP contribution in [0.25, 0.3) is 0 Å². The number of carbonyl (C=O) groups excluding carboxylic acids is 1. The number of carboxylic acids is 1. The number of nitrogens with zero attached hydrogens (tertiary/aromatic N) is 2. The molecule has 6 aliphatic heterocycles. The first kappa shape index (κ1) is 25.6. The van der Waals surface area contributed by atoms with E-state index < -0.39 is 5.97 Å². The Kier molecular flexibility index (Phi) is 7.70. The second-order valence-electron chi connectivity index (χ2n) is 11.0. The summed E-state index contributed by atoms with van der Waals surface area (Å²) in [6, 6.07) is 10.4. The van der Waals surface area contributed by atoms with Crippen LogP contribution in [0.5, 0.6) is 0 Å². The molecule has 4 N–H and O–H groups in total. The Labute approximate surface area is 220 Å². The van der Waals surface area contributed by atoms with Crippen molar-refractivity contribution in [2.45, 2.75) is 64.3 Å². The molecule has 1 atom stereocenters. The predicted octanol–water partition coefficient (Wildman–Crippen LogP) is 4.38. The average molecular weight is 505 g/mol. The van der Waals surface area contributed by atoms with Crippen LogP contribution in [0.4, 0.5) is 11.4 Å². The van der Waals surface area contributed by atoms with Crippen molar-refractivity contribution in [1.29, 1.82) is 0 Å². The van der Waals surface area contributed by atoms with Crippen LogP contribution in [0.1, 0.15) is 72.3 Å². The molecular formula is C30H40N4O3. The summed E-state index contributed by atoms with van der Waals surface area (Å²) in [4.78, 5) is 29.9. The number of aliphatic carboxylic acids is 1. The fourth-order valence-electron chi connectivity index (χ4n) is 6.36. The molecule has 198 valence electrons. The van der Waals surface area contributed by atoms with Crippen LogP contribution >= 0.6 is 0 Å². The minimum atomic E-state index is -0.837. The van der Waals surface area contributed by atoms with Crippen LogP contribution in [0, 0.1) is 12.8 Å². The summed E-state index contributed by atoms with van der Waals surface area (Å²) in [5, 5.41) is 13.3. The number of benzene rings is 2. The zero-order valence-electron chi connectivity index (χ0n) is 22.0. The largest absolute Gasteiger partial charge is 0.481 e. The Balaban J connectivity index is 1.49. The zero-order valence-corrected chi connectivity index (χ0v) is 22.0. The van der Waals surface area contributed by atoms with Crippen LogP contribution < -0.4 is 11.1 Å². The number of carbonyl (C=O) groups is 2. The van der Waals surface area contributed by atoms with Crippen molar-refractivity contribution in [3.8, 4) is 0 Å². The molecule has 0 spiro atoms. The van der Waals surface area contributed by atoms with Gasteiger partial charge in [0.1, 0.15) is 0 Å². The summed E-state index contributed by atoms with van der Waals surface area (Å²) in [7, 11) is 0. The minimum absolute atomic E-state index is 0.00688. The van der Waals surface area contributed by atoms with Crippen LogP contribution in [0.3, 0.4) is 0 Å². The molecule has 0 aliphatic carbocycles. The van der Waals surface area contributed by atoms with Gasteiger partial charge in [0, 0.05) is 31.5 Å². The normalized spacial score (nSPS) is 24.5. The lowest BCUT2D eigenvalue weighted by atomic mass is 9.83. The highest BCUT2D eigenvalue weighted by molar-refractivity contribution is 5.79. The van der Waals surface area contributed by atoms with Crippen molar-refractivity contribution in [1.82, 2.24) is 9.80 Å². The number of nitrogens with two attached hydrogens (primary N) is 1. The van der Waals surface area contributed by atoms with Gasteiger partial charge >= 0.3 is 5.97 Å². The number of hydrogen-bond donors (Lipinski definition) is 3. The Morgan fingerprint density at radius 1 is 1.05 bits per heavy atom. The minimum Gasteiger partial charge on any atom is -0.481 e. The summed E-state index contributed by atoms with van der Waals surface area (Å²) < 4.78 is 0. The third-order valence-corrected chi connectivity index (χ3v) is 8.67. The molecule has 7 heteroatoms. The molecule has 1 amide bonds. The summed E-state index contributed by atoms with van der Waals surface area (Å²) in [5.41, 5.74) is 13.4. The zero-order chi connectivity index (χ0) is 25.9. The molecule has 0 saturated carbocycles. The third-order valence-electron chi connectivity index (χ3n) is 8.67. The van der Waals surface area contributed by atoms with Gasteiger partial charge in [-0.1, -0.05) is 30.7 Å². The Morgan fingerprint density at radius 2 is 1.86 bits per heavy atom. The van der Waals surface area contributed by atoms with E-state index in [9.17, 15) is 14.7 Å². The monoisotopic (exact) mass is 504 g/mol. The van der Waals surface area contributed by atoms with E-state index >= 15 is 0 Å². The predicted molar refractivity (Wildman–Crippen MR) is 147 cm³/mol. The number of nitrogens with one attached hydrogen (secondary N) is 1. The van der Waals surface area contributed by atoms with Gasteiger partial charge in [-0.25, -0.2) is 0 Å². The molecule has 1 saturated heterocycles. The number of carboxylic acid groups (broad SMARTS) is 1. The van der Waals surface area contributed by atoms with Crippen LogP contribution in [0.15, 0.2) is 30.3 Å². The second kappa shape index (κ2) is 11.1. The van der Waals surface area contributed by atoms with Crippen molar-refractivity contribution in [3.63, 3.8) is 0 Å². The molecule has 1 unspecified atom stereocenters. The first-order valence-electron chi connectivity index (χ1n) is 13.9. The van der Waals surface area contributed by atoms with E-state index in [4.69, 9.17) is 5.73 Å². The average Bonchev–Trinajstić information content (AvgIpc) is 2.90. The maximum absolute atomic E-state index is 13.5. The van der Waals surface area contributed by atoms with Crippen molar-refractivity contribution in [3.05, 3.63) is 58.1 Å². The molecule has 2 aromatic rings. The molecule has 37 heavy (non-hydrogen) atoms. The van der Waals surface area contributed by atoms with E-state index in [1.165, 1.54) is 5.56 Å². The lowest BCUT2D eigenvalue weighted by Gasteiger charge is -2.36. The molecule has 0 radical (unpaired) electrons. The van der Waals surface area contributed by atoms with E-state index in [1.807, 2.05) is 24.0 Å². The number of anilines is 2. The molecule has 6 aliphatic rings. The second-order valence-corrected chi connectivity index (χ2v) is 11.0. The number of piperidine rings is 1. The van der Waals surface area contributed by atoms with E-state index in [1.54, 1.807) is 0 Å². The Bertz CT molecular complexity index is 1160. The first-order chi connectivity index (χ1) is 17.9. The number of amides is 1. The number of rotatable bonds is 2. The van der Waals surface area contributed by atoms with Gasteiger partial charge in [0.05, 0.1) is 17.8 Å². The summed E-state index contributed by atoms with van der Waals surface area (Å²) >= 11 is 0. The van der Waals surface area contributed by atoms with Gasteiger partial charge < -0.3 is 26.0 Å². The van der Waals surface area contributed by atoms with Crippen molar-refractivity contribution in [2.24, 2.45) is 5.92 Å². The lowest BCUT2D eigenvalue weighted by Crippen LogP contribution is -2.44. The molecule has 7 nitrogen and oxygen atoms in total. The molecule has 7 bridgehead atoms. The topological polar surface area (TPSA) is 98.9 Å². The van der Waals surface area contributed by atoms with Gasteiger partial charge in [0.25, 0.3) is 0 Å². The molecule has 2 aromatic carbocycles. The van der Waals surface area contributed by atoms with Crippen LogP contribution in [-0.4, -0.2) is 59.5 Å². The van der Waals surface area contributed by atoms with Gasteiger partial charge in [-0.05, 0) is 92.5 Å². The summed E-state index contributed by atoms with van der Waals surface area (Å²) in [5.74, 6) is -0.739. The fourth-order valence-corrected chi connectivity index (χ4v) is 6.36. The van der Waals surface area contributed by atoms with Gasteiger partial charge in [0.2, 0.25) is 5.91 Å². The molecular weight excluding hydrogens is 464 g/mol. The maximum atomic E-state index is 13.5. The van der Waals surface area contributed by atoms with Gasteiger partial charge in [0.15, 0.2) is 0 Å². The highest BCUT2D eigenvalue weighted by Crippen LogP contribution is 2.37. The van der Waals surface area contributed by atoms with E-state index in [2.05, 4.69) is 28.4 Å². The standard InChI is InChI=1S/C30H40N4O3/c1-20-25-7-8-27(29(20)31)32-12-3-2-4-13-33-14-9-22(10-15-33)30(37)34-16-11-21-5-6-23(17-24(21)19-34)26(25)18-28(35)36/h5-8,17,22,26,32H,2-4,9-16,18-19,31H2,1H3,(H,35,36). The van der Waals surface area contributed by atoms with Crippen molar-refractivity contribution in [2.75, 3.05) is 43.8 Å². The summed E-state index contributed by atoms with van der Waals surface area (Å²) in [6.45, 7) is 7.31. The fraction of sp³-hybridized carbons (Fsp3) is 0.533. The van der Waals surface area contributed by atoms with Crippen LogP contribution in [0.2, 0.25) is 0 Å². The Hall–Kier alpha value is -3.06. The first-order valence-corrected chi connectivity index (χ1v) is 13.9. The lowest BCUT2D eigenvalue weighted by molar-refractivity contribution is -0.138. The quantitative estimate of drug-likeness (QED) is 0.525. The number of hydrogen-bond acceptors (Lipinski definition) is 5. The number of nitrogen functional groups attached to an aromatic ring is 1. The van der Waals surface area contributed by atoms with Gasteiger partial charge in [-0.3, -0.25) is 9.59 Å². The summed E-state index contributed by atoms with van der Waals surface area (Å²) in [6.07, 6.45) is 6.10. The molecule has 6 heterocycles. The van der Waals surface area contributed by atoms with Crippen LogP contribution in [-0.2, 0) is 22.6 Å². The van der Waals surface area contributed by atoms with E-state index in [0.29, 0.717) is 12.2 Å². The van der Waals surface area contributed by atoms with E-state index in [-0.39, 0.29) is 24.2 Å². The molecule has 0 aromatic heterocycles. The maximum Gasteiger partial charge on any atom is 0.304 e. The molecule has 8 rings (SSSR count). The van der Waals surface area contributed by atoms with Gasteiger partial charge in [-0.15, -0.1) is 0 Å². The van der Waals surface area contributed by atoms with Crippen molar-refractivity contribution >= 4 is 23.3 Å². The smallest absolute Gasteiger partial charge is 0.304 e. The Morgan fingerprint density at radius 3 is 2.65 bits per heavy atom. The SMILES string of the molecule is Cc1c2ccc(c1N)NCCCCCN1CCC(CC1)C(=O)N1CCc3ccc(cc3C1)C2CC(=O)O. The van der Waals surface area contributed by atoms with Crippen molar-refractivity contribution < 1.29 is 14.7 Å². The highest BCUT2D eigenvalue weighted by atomic mass is 16.4. The third kappa shape index (κ3) is 5.61.